The van der Waals surface area contributed by atoms with E-state index in [9.17, 15) is 8.42 Å². The lowest BCUT2D eigenvalue weighted by Crippen LogP contribution is -2.21. The molecular formula is C9H16N2O2S. The number of sulfone groups is 1. The van der Waals surface area contributed by atoms with Crippen LogP contribution in [0.4, 0.5) is 0 Å². The topological polar surface area (TPSA) is 52.0 Å². The molecule has 0 aliphatic heterocycles. The van der Waals surface area contributed by atoms with E-state index in [0.29, 0.717) is 6.54 Å². The second-order valence-corrected chi connectivity index (χ2v) is 6.26. The zero-order valence-electron chi connectivity index (χ0n) is 8.77. The zero-order valence-corrected chi connectivity index (χ0v) is 9.58. The fourth-order valence-corrected chi connectivity index (χ4v) is 2.02. The molecule has 4 nitrogen and oxygen atoms in total. The van der Waals surface area contributed by atoms with E-state index in [1.54, 1.807) is 26.2 Å². The highest BCUT2D eigenvalue weighted by Crippen LogP contribution is 2.03. The molecular weight excluding hydrogens is 200 g/mol. The van der Waals surface area contributed by atoms with Gasteiger partial charge >= 0.3 is 0 Å². The molecule has 0 saturated heterocycles. The van der Waals surface area contributed by atoms with Gasteiger partial charge in [-0.15, -0.1) is 0 Å². The molecule has 0 aliphatic carbocycles. The maximum absolute atomic E-state index is 11.5. The third-order valence-corrected chi connectivity index (χ3v) is 4.45. The molecule has 80 valence electrons. The molecule has 1 aromatic rings. The van der Waals surface area contributed by atoms with Gasteiger partial charge in [-0.2, -0.15) is 0 Å². The van der Waals surface area contributed by atoms with E-state index >= 15 is 0 Å². The smallest absolute Gasteiger partial charge is 0.154 e. The van der Waals surface area contributed by atoms with Crippen molar-refractivity contribution >= 4 is 9.84 Å². The average Bonchev–Trinajstić information content (AvgIpc) is 2.47. The molecule has 14 heavy (non-hydrogen) atoms. The van der Waals surface area contributed by atoms with Crippen LogP contribution in [0.5, 0.6) is 0 Å². The molecule has 0 saturated carbocycles. The van der Waals surface area contributed by atoms with Gasteiger partial charge in [0, 0.05) is 18.9 Å². The lowest BCUT2D eigenvalue weighted by atomic mass is 10.6. The van der Waals surface area contributed by atoms with Crippen LogP contribution < -0.4 is 0 Å². The highest BCUT2D eigenvalue weighted by atomic mass is 32.2. The van der Waals surface area contributed by atoms with Crippen molar-refractivity contribution in [2.24, 2.45) is 0 Å². The van der Waals surface area contributed by atoms with E-state index in [0.717, 1.165) is 5.82 Å². The summed E-state index contributed by atoms with van der Waals surface area (Å²) < 4.78 is 24.9. The number of aryl methyl sites for hydroxylation is 2. The molecule has 0 aliphatic rings. The molecule has 0 fully saturated rings. The second kappa shape index (κ2) is 4.13. The summed E-state index contributed by atoms with van der Waals surface area (Å²) in [6.45, 7) is 5.76. The molecule has 0 amide bonds. The zero-order chi connectivity index (χ0) is 10.8. The van der Waals surface area contributed by atoms with Crippen LogP contribution in [0, 0.1) is 6.92 Å². The standard InChI is InChI=1S/C9H16N2O2S/c1-8(2)14(12,13)7-6-11-5-4-10-9(11)3/h4-5,8H,6-7H2,1-3H3. The van der Waals surface area contributed by atoms with E-state index in [1.807, 2.05) is 11.5 Å². The van der Waals surface area contributed by atoms with Gasteiger partial charge in [0.1, 0.15) is 5.82 Å². The second-order valence-electron chi connectivity index (χ2n) is 3.58. The summed E-state index contributed by atoms with van der Waals surface area (Å²) in [5.74, 6) is 1.03. The van der Waals surface area contributed by atoms with Crippen LogP contribution >= 0.6 is 0 Å². The van der Waals surface area contributed by atoms with Crippen molar-refractivity contribution in [2.45, 2.75) is 32.6 Å². The van der Waals surface area contributed by atoms with E-state index in [2.05, 4.69) is 4.98 Å². The van der Waals surface area contributed by atoms with E-state index < -0.39 is 9.84 Å². The summed E-state index contributed by atoms with van der Waals surface area (Å²) in [4.78, 5) is 4.03. The van der Waals surface area contributed by atoms with E-state index in [4.69, 9.17) is 0 Å². The Balaban J connectivity index is 2.62. The van der Waals surface area contributed by atoms with Crippen LogP contribution in [0.15, 0.2) is 12.4 Å². The van der Waals surface area contributed by atoms with Crippen molar-refractivity contribution in [3.8, 4) is 0 Å². The lowest BCUT2D eigenvalue weighted by Gasteiger charge is -2.08. The molecule has 5 heteroatoms. The Hall–Kier alpha value is -0.840. The van der Waals surface area contributed by atoms with Crippen LogP contribution in [0.3, 0.4) is 0 Å². The first kappa shape index (κ1) is 11.2. The third kappa shape index (κ3) is 2.57. The molecule has 0 atom stereocenters. The van der Waals surface area contributed by atoms with Crippen LogP contribution in [-0.4, -0.2) is 29.0 Å². The van der Waals surface area contributed by atoms with Crippen LogP contribution in [0.25, 0.3) is 0 Å². The number of aromatic nitrogens is 2. The molecule has 0 radical (unpaired) electrons. The van der Waals surface area contributed by atoms with E-state index in [1.165, 1.54) is 0 Å². The van der Waals surface area contributed by atoms with Crippen molar-refractivity contribution in [3.63, 3.8) is 0 Å². The van der Waals surface area contributed by atoms with Crippen molar-refractivity contribution in [1.29, 1.82) is 0 Å². The Bertz CT molecular complexity index is 393. The summed E-state index contributed by atoms with van der Waals surface area (Å²) in [6, 6.07) is 0. The van der Waals surface area contributed by atoms with Gasteiger partial charge in [0.25, 0.3) is 0 Å². The van der Waals surface area contributed by atoms with Crippen molar-refractivity contribution in [3.05, 3.63) is 18.2 Å². The molecule has 1 rings (SSSR count). The summed E-state index contributed by atoms with van der Waals surface area (Å²) in [5.41, 5.74) is 0. The lowest BCUT2D eigenvalue weighted by molar-refractivity contribution is 0.579. The predicted molar refractivity (Wildman–Crippen MR) is 55.9 cm³/mol. The van der Waals surface area contributed by atoms with Crippen LogP contribution in [0.1, 0.15) is 19.7 Å². The Morgan fingerprint density at radius 2 is 2.14 bits per heavy atom. The number of nitrogens with zero attached hydrogens (tertiary/aromatic N) is 2. The Kier molecular flexibility index (Phi) is 3.31. The molecule has 0 bridgehead atoms. The molecule has 0 spiro atoms. The quantitative estimate of drug-likeness (QED) is 0.755. The fourth-order valence-electron chi connectivity index (χ4n) is 1.10. The Labute approximate surface area is 84.9 Å². The average molecular weight is 216 g/mol. The monoisotopic (exact) mass is 216 g/mol. The van der Waals surface area contributed by atoms with Crippen molar-refractivity contribution < 1.29 is 8.42 Å². The van der Waals surface area contributed by atoms with Gasteiger partial charge in [0.05, 0.1) is 11.0 Å². The largest absolute Gasteiger partial charge is 0.334 e. The van der Waals surface area contributed by atoms with Crippen molar-refractivity contribution in [2.75, 3.05) is 5.75 Å². The van der Waals surface area contributed by atoms with Gasteiger partial charge in [-0.25, -0.2) is 13.4 Å². The van der Waals surface area contributed by atoms with Gasteiger partial charge in [0.2, 0.25) is 0 Å². The summed E-state index contributed by atoms with van der Waals surface area (Å²) in [7, 11) is -2.94. The first-order valence-corrected chi connectivity index (χ1v) is 6.34. The molecule has 1 heterocycles. The van der Waals surface area contributed by atoms with Crippen molar-refractivity contribution in [1.82, 2.24) is 9.55 Å². The third-order valence-electron chi connectivity index (χ3n) is 2.26. The minimum absolute atomic E-state index is 0.182. The minimum Gasteiger partial charge on any atom is -0.334 e. The number of rotatable bonds is 4. The van der Waals surface area contributed by atoms with Gasteiger partial charge in [0.15, 0.2) is 9.84 Å². The minimum atomic E-state index is -2.94. The van der Waals surface area contributed by atoms with Gasteiger partial charge < -0.3 is 4.57 Å². The van der Waals surface area contributed by atoms with Crippen LogP contribution in [0.2, 0.25) is 0 Å². The van der Waals surface area contributed by atoms with Crippen LogP contribution in [-0.2, 0) is 16.4 Å². The first-order chi connectivity index (χ1) is 6.43. The molecule has 0 aromatic carbocycles. The highest BCUT2D eigenvalue weighted by Gasteiger charge is 2.15. The normalized spacial score (nSPS) is 12.3. The molecule has 0 N–H and O–H groups in total. The number of imidazole rings is 1. The Morgan fingerprint density at radius 3 is 2.57 bits per heavy atom. The molecule has 0 unspecified atom stereocenters. The predicted octanol–water partition coefficient (Wildman–Crippen LogP) is 1.01. The summed E-state index contributed by atoms with van der Waals surface area (Å²) in [5, 5.41) is -0.300. The van der Waals surface area contributed by atoms with Gasteiger partial charge in [-0.05, 0) is 20.8 Å². The van der Waals surface area contributed by atoms with Gasteiger partial charge in [-0.1, -0.05) is 0 Å². The summed E-state index contributed by atoms with van der Waals surface area (Å²) in [6.07, 6.45) is 3.47. The SMILES string of the molecule is Cc1nccn1CCS(=O)(=O)C(C)C. The van der Waals surface area contributed by atoms with E-state index in [-0.39, 0.29) is 11.0 Å². The Morgan fingerprint density at radius 1 is 1.50 bits per heavy atom. The molecule has 1 aromatic heterocycles. The first-order valence-electron chi connectivity index (χ1n) is 4.63. The number of hydrogen-bond acceptors (Lipinski definition) is 3. The summed E-state index contributed by atoms with van der Waals surface area (Å²) >= 11 is 0. The fraction of sp³-hybridized carbons (Fsp3) is 0.667. The highest BCUT2D eigenvalue weighted by molar-refractivity contribution is 7.91. The number of hydrogen-bond donors (Lipinski definition) is 0. The maximum atomic E-state index is 11.5. The van der Waals surface area contributed by atoms with Gasteiger partial charge in [-0.3, -0.25) is 0 Å². The maximum Gasteiger partial charge on any atom is 0.154 e.